The molecule has 0 aliphatic carbocycles. The molecule has 1 saturated heterocycles. The minimum absolute atomic E-state index is 0.290. The van der Waals surface area contributed by atoms with Crippen molar-refractivity contribution in [3.05, 3.63) is 59.5 Å². The van der Waals surface area contributed by atoms with Crippen LogP contribution in [0.2, 0.25) is 0 Å². The molecule has 2 aromatic rings. The summed E-state index contributed by atoms with van der Waals surface area (Å²) in [5, 5.41) is 8.81. The summed E-state index contributed by atoms with van der Waals surface area (Å²) in [5.74, 6) is 0.705. The number of piperidine rings is 1. The predicted octanol–water partition coefficient (Wildman–Crippen LogP) is 3.19. The fourth-order valence-electron chi connectivity index (χ4n) is 3.20. The molecule has 1 aliphatic rings. The van der Waals surface area contributed by atoms with E-state index in [1.54, 1.807) is 12.1 Å². The van der Waals surface area contributed by atoms with E-state index >= 15 is 0 Å². The third-order valence-electron chi connectivity index (χ3n) is 4.69. The van der Waals surface area contributed by atoms with Crippen LogP contribution in [0.4, 0.5) is 10.2 Å². The van der Waals surface area contributed by atoms with Gasteiger partial charge in [-0.2, -0.15) is 5.26 Å². The Kier molecular flexibility index (Phi) is 5.07. The zero-order valence-corrected chi connectivity index (χ0v) is 13.8. The fraction of sp³-hybridized carbons (Fsp3) is 0.368. The standard InChI is InChI=1S/C19H21FN4/c1-23(19-4-2-3-9-22-19)17-7-10-24(11-8-17)14-16-6-5-15(13-21)12-18(16)20/h2-6,9,12,17H,7-8,10-11,14H2,1H3. The molecule has 0 N–H and O–H groups in total. The van der Waals surface area contributed by atoms with Crippen molar-refractivity contribution in [1.82, 2.24) is 9.88 Å². The first-order valence-corrected chi connectivity index (χ1v) is 8.22. The van der Waals surface area contributed by atoms with Crippen molar-refractivity contribution in [2.45, 2.75) is 25.4 Å². The van der Waals surface area contributed by atoms with E-state index < -0.39 is 0 Å². The number of halogens is 1. The average molecular weight is 324 g/mol. The maximum Gasteiger partial charge on any atom is 0.129 e. The lowest BCUT2D eigenvalue weighted by Crippen LogP contribution is -2.43. The van der Waals surface area contributed by atoms with Crippen LogP contribution in [0.25, 0.3) is 0 Å². The maximum atomic E-state index is 14.0. The van der Waals surface area contributed by atoms with Gasteiger partial charge in [-0.05, 0) is 37.1 Å². The van der Waals surface area contributed by atoms with Crippen molar-refractivity contribution < 1.29 is 4.39 Å². The van der Waals surface area contributed by atoms with E-state index in [2.05, 4.69) is 21.8 Å². The summed E-state index contributed by atoms with van der Waals surface area (Å²) in [6, 6.07) is 13.1. The van der Waals surface area contributed by atoms with Crippen molar-refractivity contribution in [2.75, 3.05) is 25.0 Å². The number of nitriles is 1. The molecule has 2 heterocycles. The van der Waals surface area contributed by atoms with Crippen LogP contribution in [-0.4, -0.2) is 36.1 Å². The maximum absolute atomic E-state index is 14.0. The van der Waals surface area contributed by atoms with Crippen molar-refractivity contribution in [3.63, 3.8) is 0 Å². The minimum Gasteiger partial charge on any atom is -0.357 e. The summed E-state index contributed by atoms with van der Waals surface area (Å²) in [7, 11) is 2.09. The number of nitrogens with zero attached hydrogens (tertiary/aromatic N) is 4. The van der Waals surface area contributed by atoms with Crippen LogP contribution in [0, 0.1) is 17.1 Å². The van der Waals surface area contributed by atoms with Crippen LogP contribution < -0.4 is 4.90 Å². The molecule has 1 aromatic carbocycles. The molecule has 124 valence electrons. The Morgan fingerprint density at radius 3 is 2.71 bits per heavy atom. The van der Waals surface area contributed by atoms with Gasteiger partial charge in [-0.25, -0.2) is 9.37 Å². The van der Waals surface area contributed by atoms with E-state index in [9.17, 15) is 4.39 Å². The van der Waals surface area contributed by atoms with Crippen LogP contribution >= 0.6 is 0 Å². The Hall–Kier alpha value is -2.45. The molecule has 0 saturated carbocycles. The Labute approximate surface area is 142 Å². The summed E-state index contributed by atoms with van der Waals surface area (Å²) >= 11 is 0. The number of aromatic nitrogens is 1. The van der Waals surface area contributed by atoms with Crippen molar-refractivity contribution in [1.29, 1.82) is 5.26 Å². The number of likely N-dealkylation sites (tertiary alicyclic amines) is 1. The van der Waals surface area contributed by atoms with E-state index in [1.807, 2.05) is 30.5 Å². The van der Waals surface area contributed by atoms with Gasteiger partial charge < -0.3 is 4.90 Å². The second-order valence-electron chi connectivity index (χ2n) is 6.22. The van der Waals surface area contributed by atoms with Gasteiger partial charge in [0.15, 0.2) is 0 Å². The van der Waals surface area contributed by atoms with Gasteiger partial charge in [0.2, 0.25) is 0 Å². The summed E-state index contributed by atoms with van der Waals surface area (Å²) in [6.45, 7) is 2.46. The minimum atomic E-state index is -0.290. The van der Waals surface area contributed by atoms with Gasteiger partial charge >= 0.3 is 0 Å². The first-order chi connectivity index (χ1) is 11.7. The molecular weight excluding hydrogens is 303 g/mol. The van der Waals surface area contributed by atoms with Crippen LogP contribution in [0.15, 0.2) is 42.6 Å². The molecule has 1 aliphatic heterocycles. The fourth-order valence-corrected chi connectivity index (χ4v) is 3.20. The Morgan fingerprint density at radius 2 is 2.08 bits per heavy atom. The lowest BCUT2D eigenvalue weighted by Gasteiger charge is -2.37. The molecule has 5 heteroatoms. The quantitative estimate of drug-likeness (QED) is 0.866. The van der Waals surface area contributed by atoms with Gasteiger partial charge in [-0.15, -0.1) is 0 Å². The SMILES string of the molecule is CN(c1ccccn1)C1CCN(Cc2ccc(C#N)cc2F)CC1. The van der Waals surface area contributed by atoms with E-state index in [4.69, 9.17) is 5.26 Å². The van der Waals surface area contributed by atoms with Crippen molar-refractivity contribution >= 4 is 5.82 Å². The molecule has 0 spiro atoms. The summed E-state index contributed by atoms with van der Waals surface area (Å²) in [4.78, 5) is 8.91. The zero-order chi connectivity index (χ0) is 16.9. The number of rotatable bonds is 4. The Bertz CT molecular complexity index is 718. The van der Waals surface area contributed by atoms with Gasteiger partial charge in [0.25, 0.3) is 0 Å². The molecule has 24 heavy (non-hydrogen) atoms. The lowest BCUT2D eigenvalue weighted by atomic mass is 10.0. The summed E-state index contributed by atoms with van der Waals surface area (Å²) in [5.41, 5.74) is 1.03. The number of hydrogen-bond acceptors (Lipinski definition) is 4. The second kappa shape index (κ2) is 7.41. The second-order valence-corrected chi connectivity index (χ2v) is 6.22. The van der Waals surface area contributed by atoms with E-state index in [0.717, 1.165) is 31.7 Å². The highest BCUT2D eigenvalue weighted by Crippen LogP contribution is 2.22. The van der Waals surface area contributed by atoms with Gasteiger partial charge in [-0.1, -0.05) is 12.1 Å². The van der Waals surface area contributed by atoms with Gasteiger partial charge in [0, 0.05) is 44.5 Å². The Balaban J connectivity index is 1.57. The van der Waals surface area contributed by atoms with Gasteiger partial charge in [-0.3, -0.25) is 4.90 Å². The molecule has 1 fully saturated rings. The molecule has 1 aromatic heterocycles. The monoisotopic (exact) mass is 324 g/mol. The first kappa shape index (κ1) is 16.4. The van der Waals surface area contributed by atoms with E-state index in [1.165, 1.54) is 6.07 Å². The van der Waals surface area contributed by atoms with Crippen LogP contribution in [0.5, 0.6) is 0 Å². The van der Waals surface area contributed by atoms with Crippen LogP contribution in [0.3, 0.4) is 0 Å². The van der Waals surface area contributed by atoms with E-state index in [-0.39, 0.29) is 5.82 Å². The molecule has 0 radical (unpaired) electrons. The van der Waals surface area contributed by atoms with Crippen molar-refractivity contribution in [2.24, 2.45) is 0 Å². The molecule has 0 amide bonds. The van der Waals surface area contributed by atoms with Crippen molar-refractivity contribution in [3.8, 4) is 6.07 Å². The highest BCUT2D eigenvalue weighted by atomic mass is 19.1. The first-order valence-electron chi connectivity index (χ1n) is 8.22. The number of pyridine rings is 1. The largest absolute Gasteiger partial charge is 0.357 e. The smallest absolute Gasteiger partial charge is 0.129 e. The topological polar surface area (TPSA) is 43.2 Å². The molecule has 0 atom stereocenters. The molecular formula is C19H21FN4. The summed E-state index contributed by atoms with van der Waals surface area (Å²) in [6.07, 6.45) is 3.88. The van der Waals surface area contributed by atoms with Crippen LogP contribution in [-0.2, 0) is 6.54 Å². The third kappa shape index (κ3) is 3.72. The molecule has 0 bridgehead atoms. The zero-order valence-electron chi connectivity index (χ0n) is 13.8. The predicted molar refractivity (Wildman–Crippen MR) is 92.1 cm³/mol. The number of anilines is 1. The molecule has 3 rings (SSSR count). The van der Waals surface area contributed by atoms with Crippen LogP contribution in [0.1, 0.15) is 24.0 Å². The van der Waals surface area contributed by atoms with Gasteiger partial charge in [0.05, 0.1) is 11.6 Å². The van der Waals surface area contributed by atoms with E-state index in [0.29, 0.717) is 23.7 Å². The Morgan fingerprint density at radius 1 is 1.29 bits per heavy atom. The average Bonchev–Trinajstić information content (AvgIpc) is 2.64. The highest BCUT2D eigenvalue weighted by Gasteiger charge is 2.23. The molecule has 0 unspecified atom stereocenters. The normalized spacial score (nSPS) is 15.9. The number of hydrogen-bond donors (Lipinski definition) is 0. The van der Waals surface area contributed by atoms with Gasteiger partial charge in [0.1, 0.15) is 11.6 Å². The lowest BCUT2D eigenvalue weighted by molar-refractivity contribution is 0.201. The summed E-state index contributed by atoms with van der Waals surface area (Å²) < 4.78 is 14.0. The third-order valence-corrected chi connectivity index (χ3v) is 4.69. The molecule has 4 nitrogen and oxygen atoms in total. The number of benzene rings is 1. The highest BCUT2D eigenvalue weighted by molar-refractivity contribution is 5.38.